The number of ether oxygens (including phenoxy) is 1. The number of rotatable bonds is 6. The van der Waals surface area contributed by atoms with E-state index in [9.17, 15) is 9.59 Å². The van der Waals surface area contributed by atoms with E-state index in [2.05, 4.69) is 30.5 Å². The number of benzene rings is 1. The Bertz CT molecular complexity index is 1150. The number of aromatic amines is 1. The van der Waals surface area contributed by atoms with Gasteiger partial charge in [0.1, 0.15) is 5.75 Å². The number of amides is 1. The molecule has 1 amide bonds. The Morgan fingerprint density at radius 3 is 2.87 bits per heavy atom. The zero-order valence-electron chi connectivity index (χ0n) is 17.4. The van der Waals surface area contributed by atoms with E-state index in [1.807, 2.05) is 31.2 Å². The summed E-state index contributed by atoms with van der Waals surface area (Å²) in [5.41, 5.74) is 2.68. The molecule has 2 N–H and O–H groups in total. The van der Waals surface area contributed by atoms with Crippen molar-refractivity contribution in [2.75, 3.05) is 18.2 Å². The fraction of sp³-hybridized carbons (Fsp3) is 0.333. The zero-order chi connectivity index (χ0) is 22.0. The van der Waals surface area contributed by atoms with Crippen LogP contribution in [-0.4, -0.2) is 49.7 Å². The number of aryl methyl sites for hydroxylation is 1. The van der Waals surface area contributed by atoms with Gasteiger partial charge in [0.05, 0.1) is 35.4 Å². The first-order chi connectivity index (χ1) is 14.9. The number of hydrogen-bond acceptors (Lipinski definition) is 8. The van der Waals surface area contributed by atoms with Gasteiger partial charge < -0.3 is 4.74 Å². The van der Waals surface area contributed by atoms with Gasteiger partial charge >= 0.3 is 0 Å². The normalized spacial score (nSPS) is 15.5. The number of carbonyl (C=O) groups is 2. The van der Waals surface area contributed by atoms with Gasteiger partial charge in [-0.1, -0.05) is 30.8 Å². The van der Waals surface area contributed by atoms with Gasteiger partial charge in [0.15, 0.2) is 11.6 Å². The molecule has 2 heterocycles. The van der Waals surface area contributed by atoms with Crippen LogP contribution in [0.25, 0.3) is 11.4 Å². The number of nitrogens with zero attached hydrogens (tertiary/aromatic N) is 4. The Morgan fingerprint density at radius 1 is 1.26 bits per heavy atom. The van der Waals surface area contributed by atoms with Crippen LogP contribution in [-0.2, 0) is 11.2 Å². The third-order valence-corrected chi connectivity index (χ3v) is 5.78. The second-order valence-corrected chi connectivity index (χ2v) is 8.34. The molecule has 0 saturated carbocycles. The molecule has 1 aromatic carbocycles. The molecule has 1 atom stereocenters. The van der Waals surface area contributed by atoms with Crippen molar-refractivity contribution in [3.63, 3.8) is 0 Å². The van der Waals surface area contributed by atoms with E-state index < -0.39 is 0 Å². The quantitative estimate of drug-likeness (QED) is 0.563. The molecule has 3 aromatic rings. The molecule has 0 saturated heterocycles. The van der Waals surface area contributed by atoms with E-state index in [0.717, 1.165) is 5.56 Å². The number of carbonyl (C=O) groups excluding carboxylic acids is 2. The zero-order valence-corrected chi connectivity index (χ0v) is 18.2. The second-order valence-electron chi connectivity index (χ2n) is 7.39. The molecule has 10 heteroatoms. The molecule has 4 rings (SSSR count). The Hall–Kier alpha value is -3.27. The SMILES string of the molecule is COc1ccccc1-c1nc(SCC(=O)Nc2nc(C)c3c(n2)C[C@H](C)CC3=O)n[nH]1. The minimum atomic E-state index is -0.275. The average molecular weight is 439 g/mol. The van der Waals surface area contributed by atoms with Crippen LogP contribution in [0.2, 0.25) is 0 Å². The molecule has 1 aliphatic rings. The number of aromatic nitrogens is 5. The summed E-state index contributed by atoms with van der Waals surface area (Å²) < 4.78 is 5.34. The van der Waals surface area contributed by atoms with Crippen LogP contribution in [0.1, 0.15) is 35.1 Å². The minimum absolute atomic E-state index is 0.0649. The third-order valence-electron chi connectivity index (χ3n) is 4.93. The number of para-hydroxylation sites is 1. The van der Waals surface area contributed by atoms with Crippen molar-refractivity contribution in [1.29, 1.82) is 0 Å². The van der Waals surface area contributed by atoms with Gasteiger partial charge in [0.25, 0.3) is 0 Å². The van der Waals surface area contributed by atoms with Gasteiger partial charge in [-0.3, -0.25) is 20.0 Å². The molecule has 0 radical (unpaired) electrons. The topological polar surface area (TPSA) is 123 Å². The molecule has 2 aromatic heterocycles. The lowest BCUT2D eigenvalue weighted by molar-refractivity contribution is -0.113. The molecule has 0 unspecified atom stereocenters. The maximum absolute atomic E-state index is 12.4. The number of anilines is 1. The number of fused-ring (bicyclic) bond motifs is 1. The van der Waals surface area contributed by atoms with Crippen LogP contribution in [0.4, 0.5) is 5.95 Å². The summed E-state index contributed by atoms with van der Waals surface area (Å²) in [4.78, 5) is 37.8. The maximum Gasteiger partial charge on any atom is 0.237 e. The molecule has 0 fully saturated rings. The molecule has 9 nitrogen and oxygen atoms in total. The highest BCUT2D eigenvalue weighted by atomic mass is 32.2. The van der Waals surface area contributed by atoms with Gasteiger partial charge in [0, 0.05) is 6.42 Å². The predicted octanol–water partition coefficient (Wildman–Crippen LogP) is 3.07. The van der Waals surface area contributed by atoms with Crippen molar-refractivity contribution >= 4 is 29.4 Å². The van der Waals surface area contributed by atoms with Crippen LogP contribution in [0.3, 0.4) is 0 Å². The van der Waals surface area contributed by atoms with Crippen LogP contribution in [0, 0.1) is 12.8 Å². The van der Waals surface area contributed by atoms with Gasteiger partial charge in [-0.2, -0.15) is 0 Å². The van der Waals surface area contributed by atoms with Crippen LogP contribution in [0.5, 0.6) is 5.75 Å². The lowest BCUT2D eigenvalue weighted by Crippen LogP contribution is -2.24. The summed E-state index contributed by atoms with van der Waals surface area (Å²) in [5, 5.41) is 10.2. The van der Waals surface area contributed by atoms with E-state index in [1.54, 1.807) is 14.0 Å². The first-order valence-electron chi connectivity index (χ1n) is 9.83. The average Bonchev–Trinajstić information content (AvgIpc) is 3.20. The summed E-state index contributed by atoms with van der Waals surface area (Å²) in [5.74, 6) is 1.58. The first kappa shape index (κ1) is 21.0. The fourth-order valence-electron chi connectivity index (χ4n) is 3.58. The van der Waals surface area contributed by atoms with Gasteiger partial charge in [0.2, 0.25) is 17.0 Å². The Kier molecular flexibility index (Phi) is 5.99. The van der Waals surface area contributed by atoms with Crippen molar-refractivity contribution in [3.05, 3.63) is 41.2 Å². The Balaban J connectivity index is 1.40. The number of thioether (sulfide) groups is 1. The van der Waals surface area contributed by atoms with Crippen molar-refractivity contribution < 1.29 is 14.3 Å². The van der Waals surface area contributed by atoms with E-state index >= 15 is 0 Å². The summed E-state index contributed by atoms with van der Waals surface area (Å²) >= 11 is 1.19. The van der Waals surface area contributed by atoms with Crippen LogP contribution >= 0.6 is 11.8 Å². The number of Topliss-reactive ketones (excluding diaryl/α,β-unsaturated/α-hetero) is 1. The molecule has 31 heavy (non-hydrogen) atoms. The number of methoxy groups -OCH3 is 1. The highest BCUT2D eigenvalue weighted by Crippen LogP contribution is 2.28. The predicted molar refractivity (Wildman–Crippen MR) is 116 cm³/mol. The molecule has 160 valence electrons. The molecule has 0 aliphatic heterocycles. The van der Waals surface area contributed by atoms with Crippen molar-refractivity contribution in [3.8, 4) is 17.1 Å². The smallest absolute Gasteiger partial charge is 0.237 e. The fourth-order valence-corrected chi connectivity index (χ4v) is 4.18. The van der Waals surface area contributed by atoms with Crippen molar-refractivity contribution in [1.82, 2.24) is 25.1 Å². The molecule has 0 bridgehead atoms. The lowest BCUT2D eigenvalue weighted by Gasteiger charge is -2.21. The Morgan fingerprint density at radius 2 is 2.06 bits per heavy atom. The van der Waals surface area contributed by atoms with E-state index in [0.29, 0.717) is 46.5 Å². The number of hydrogen-bond donors (Lipinski definition) is 2. The monoisotopic (exact) mass is 438 g/mol. The lowest BCUT2D eigenvalue weighted by atomic mass is 9.86. The number of H-pyrrole nitrogens is 1. The second kappa shape index (κ2) is 8.84. The van der Waals surface area contributed by atoms with Crippen LogP contribution < -0.4 is 10.1 Å². The van der Waals surface area contributed by atoms with Crippen LogP contribution in [0.15, 0.2) is 29.4 Å². The van der Waals surface area contributed by atoms with Gasteiger partial charge in [-0.05, 0) is 31.4 Å². The Labute approximate surface area is 183 Å². The summed E-state index contributed by atoms with van der Waals surface area (Å²) in [6, 6.07) is 7.48. The minimum Gasteiger partial charge on any atom is -0.496 e. The summed E-state index contributed by atoms with van der Waals surface area (Å²) in [6.45, 7) is 3.79. The van der Waals surface area contributed by atoms with Crippen molar-refractivity contribution in [2.24, 2.45) is 5.92 Å². The first-order valence-corrected chi connectivity index (χ1v) is 10.8. The summed E-state index contributed by atoms with van der Waals surface area (Å²) in [7, 11) is 1.59. The molecule has 0 spiro atoms. The maximum atomic E-state index is 12.4. The molecule has 1 aliphatic carbocycles. The van der Waals surface area contributed by atoms with E-state index in [4.69, 9.17) is 4.74 Å². The molecular weight excluding hydrogens is 416 g/mol. The highest BCUT2D eigenvalue weighted by Gasteiger charge is 2.27. The van der Waals surface area contributed by atoms with Gasteiger partial charge in [-0.25, -0.2) is 15.0 Å². The highest BCUT2D eigenvalue weighted by molar-refractivity contribution is 7.99. The van der Waals surface area contributed by atoms with E-state index in [1.165, 1.54) is 11.8 Å². The largest absolute Gasteiger partial charge is 0.496 e. The standard InChI is InChI=1S/C21H22N6O3S/c1-11-8-14-18(15(28)9-11)12(2)22-20(23-14)24-17(29)10-31-21-25-19(26-27-21)13-6-4-5-7-16(13)30-3/h4-7,11H,8-10H2,1-3H3,(H,25,26,27)(H,22,23,24,29)/t11-/m0/s1. The number of nitrogens with one attached hydrogen (secondary N) is 2. The number of ketones is 1. The third kappa shape index (κ3) is 4.58. The van der Waals surface area contributed by atoms with Crippen molar-refractivity contribution in [2.45, 2.75) is 31.8 Å². The molecular formula is C21H22N6O3S. The van der Waals surface area contributed by atoms with Gasteiger partial charge in [-0.15, -0.1) is 5.10 Å². The van der Waals surface area contributed by atoms with E-state index in [-0.39, 0.29) is 29.3 Å². The summed E-state index contributed by atoms with van der Waals surface area (Å²) in [6.07, 6.45) is 1.21.